The molecule has 0 unspecified atom stereocenters. The van der Waals surface area contributed by atoms with Crippen LogP contribution in [0.5, 0.6) is 0 Å². The Morgan fingerprint density at radius 1 is 0.850 bits per heavy atom. The van der Waals surface area contributed by atoms with Crippen LogP contribution in [0, 0.1) is 13.8 Å². The number of rotatable bonds is 2. The minimum Gasteiger partial charge on any atom is -0.298 e. The van der Waals surface area contributed by atoms with Gasteiger partial charge < -0.3 is 0 Å². The van der Waals surface area contributed by atoms with Crippen LogP contribution >= 0.6 is 0 Å². The molecule has 1 heteroatoms. The molecule has 0 atom stereocenters. The van der Waals surface area contributed by atoms with Crippen molar-refractivity contribution < 1.29 is 6.17 Å². The van der Waals surface area contributed by atoms with Crippen LogP contribution in [0.4, 0.5) is 0 Å². The van der Waals surface area contributed by atoms with Gasteiger partial charge in [-0.25, -0.2) is 0 Å². The summed E-state index contributed by atoms with van der Waals surface area (Å²) in [6, 6.07) is 13.6. The van der Waals surface area contributed by atoms with E-state index in [2.05, 4.69) is 19.1 Å². The summed E-state index contributed by atoms with van der Waals surface area (Å²) in [6.07, 6.45) is -0.635. The fourth-order valence-corrected chi connectivity index (χ4v) is 1.90. The second-order valence-corrected chi connectivity index (χ2v) is 3.95. The van der Waals surface area contributed by atoms with E-state index in [1.165, 1.54) is 11.1 Å². The van der Waals surface area contributed by atoms with Crippen LogP contribution in [0.25, 0.3) is 11.1 Å². The van der Waals surface area contributed by atoms with Gasteiger partial charge in [0.25, 0.3) is 0 Å². The highest BCUT2D eigenvalue weighted by molar-refractivity contribution is 5.79. The molecule has 0 aromatic heterocycles. The Labute approximate surface area is 125 Å². The van der Waals surface area contributed by atoms with Crippen molar-refractivity contribution in [2.45, 2.75) is 41.5 Å². The first-order valence-corrected chi connectivity index (χ1v) is 7.27. The quantitative estimate of drug-likeness (QED) is 0.628. The predicted molar refractivity (Wildman–Crippen MR) is 89.4 cm³/mol. The second-order valence-electron chi connectivity index (χ2n) is 3.95. The molecule has 0 bridgehead atoms. The average Bonchev–Trinajstić information content (AvgIpc) is 2.52. The molecule has 0 aliphatic carbocycles. The summed E-state index contributed by atoms with van der Waals surface area (Å²) < 4.78 is 7.09. The number of carbonyl (C=O) groups is 1. The third-order valence-electron chi connectivity index (χ3n) is 2.78. The number of hydrogen-bond donors (Lipinski definition) is 0. The normalized spacial score (nSPS) is 9.40. The molecule has 0 spiro atoms. The molecule has 0 aliphatic heterocycles. The zero-order valence-corrected chi connectivity index (χ0v) is 13.4. The Hall–Kier alpha value is -1.89. The first-order chi connectivity index (χ1) is 10.1. The lowest BCUT2D eigenvalue weighted by Crippen LogP contribution is -1.89. The van der Waals surface area contributed by atoms with Gasteiger partial charge in [-0.15, -0.1) is 0 Å². The van der Waals surface area contributed by atoms with Gasteiger partial charge in [0.05, 0.1) is 0 Å². The second kappa shape index (κ2) is 9.96. The van der Waals surface area contributed by atoms with E-state index in [9.17, 15) is 4.79 Å². The van der Waals surface area contributed by atoms with Gasteiger partial charge >= 0.3 is 0 Å². The van der Waals surface area contributed by atoms with Gasteiger partial charge in [-0.05, 0) is 42.2 Å². The molecular weight excluding hydrogens is 244 g/mol. The summed E-state index contributed by atoms with van der Waals surface area (Å²) in [5.41, 5.74) is 4.97. The van der Waals surface area contributed by atoms with Crippen LogP contribution in [-0.4, -0.2) is 6.26 Å². The van der Waals surface area contributed by atoms with Crippen LogP contribution in [0.15, 0.2) is 42.5 Å². The van der Waals surface area contributed by atoms with E-state index in [1.807, 2.05) is 52.8 Å². The van der Waals surface area contributed by atoms with Crippen molar-refractivity contribution in [1.29, 1.82) is 0 Å². The molecule has 0 saturated heterocycles. The van der Waals surface area contributed by atoms with Crippen LogP contribution in [-0.2, 0) is 0 Å². The van der Waals surface area contributed by atoms with Crippen molar-refractivity contribution in [3.05, 3.63) is 59.2 Å². The molecule has 20 heavy (non-hydrogen) atoms. The van der Waals surface area contributed by atoms with Crippen molar-refractivity contribution in [2.75, 3.05) is 0 Å². The Kier molecular flexibility index (Phi) is 8.05. The van der Waals surface area contributed by atoms with Crippen molar-refractivity contribution in [3.63, 3.8) is 0 Å². The van der Waals surface area contributed by atoms with E-state index in [0.29, 0.717) is 5.56 Å². The van der Waals surface area contributed by atoms with Gasteiger partial charge in [0.1, 0.15) is 7.63 Å². The summed E-state index contributed by atoms with van der Waals surface area (Å²) in [7, 11) is 0. The molecule has 108 valence electrons. The number of aldehydes is 1. The summed E-state index contributed by atoms with van der Waals surface area (Å²) in [5, 5.41) is 0. The van der Waals surface area contributed by atoms with Crippen molar-refractivity contribution in [1.82, 2.24) is 0 Å². The maximum Gasteiger partial charge on any atom is 0.150 e. The highest BCUT2D eigenvalue weighted by atomic mass is 16.1. The molecule has 2 rings (SSSR count). The minimum atomic E-state index is -0.635. The van der Waals surface area contributed by atoms with Crippen LogP contribution in [0.1, 0.15) is 50.6 Å². The highest BCUT2D eigenvalue weighted by Gasteiger charge is 2.04. The molecule has 0 aliphatic rings. The molecule has 0 amide bonds. The first kappa shape index (κ1) is 16.2. The molecule has 0 heterocycles. The molecule has 0 radical (unpaired) electrons. The molecule has 1 nitrogen and oxygen atoms in total. The number of carbonyl (C=O) groups excluding carboxylic acids is 1. The lowest BCUT2D eigenvalue weighted by atomic mass is 9.95. The minimum absolute atomic E-state index is 0.444. The van der Waals surface area contributed by atoms with Crippen molar-refractivity contribution >= 4 is 6.26 Å². The average molecular weight is 272 g/mol. The Balaban J connectivity index is 0.000000921. The Morgan fingerprint density at radius 3 is 1.90 bits per heavy atom. The lowest BCUT2D eigenvalue weighted by molar-refractivity contribution is 0.112. The monoisotopic (exact) mass is 272 g/mol. The van der Waals surface area contributed by atoms with Crippen LogP contribution in [0.2, 0.25) is 0 Å². The molecule has 2 aromatic carbocycles. The van der Waals surface area contributed by atoms with Gasteiger partial charge in [-0.2, -0.15) is 0 Å². The Morgan fingerprint density at radius 2 is 1.40 bits per heavy atom. The summed E-state index contributed by atoms with van der Waals surface area (Å²) in [6.45, 7) is 12.0. The van der Waals surface area contributed by atoms with E-state index in [0.717, 1.165) is 11.1 Å². The van der Waals surface area contributed by atoms with E-state index < -0.39 is 6.26 Å². The molecule has 0 saturated carbocycles. The first-order valence-electron chi connectivity index (χ1n) is 7.77. The largest absolute Gasteiger partial charge is 0.298 e. The summed E-state index contributed by atoms with van der Waals surface area (Å²) in [5.74, 6) is 0. The number of aryl methyl sites for hydroxylation is 2. The molecule has 2 aromatic rings. The third-order valence-corrected chi connectivity index (χ3v) is 2.78. The fraction of sp³-hybridized carbons (Fsp3) is 0.316. The summed E-state index contributed by atoms with van der Waals surface area (Å²) >= 11 is 0. The third kappa shape index (κ3) is 4.65. The van der Waals surface area contributed by atoms with Crippen molar-refractivity contribution in [2.24, 2.45) is 0 Å². The van der Waals surface area contributed by atoms with Crippen LogP contribution in [0.3, 0.4) is 0 Å². The molecular formula is C19H26O. The SMILES string of the molecule is CC.CC.[3H]C(=O)c1ccc(-c2ccccc2C)c(C)c1. The molecule has 0 fully saturated rings. The van der Waals surface area contributed by atoms with Crippen molar-refractivity contribution in [3.8, 4) is 11.1 Å². The zero-order valence-electron chi connectivity index (χ0n) is 14.4. The van der Waals surface area contributed by atoms with E-state index in [-0.39, 0.29) is 0 Å². The maximum absolute atomic E-state index is 11.0. The topological polar surface area (TPSA) is 17.1 Å². The molecule has 0 N–H and O–H groups in total. The lowest BCUT2D eigenvalue weighted by Gasteiger charge is -2.09. The predicted octanol–water partition coefficient (Wildman–Crippen LogP) is 5.84. The van der Waals surface area contributed by atoms with E-state index in [4.69, 9.17) is 1.37 Å². The highest BCUT2D eigenvalue weighted by Crippen LogP contribution is 2.26. The fourth-order valence-electron chi connectivity index (χ4n) is 1.90. The van der Waals surface area contributed by atoms with Gasteiger partial charge in [0, 0.05) is 5.56 Å². The van der Waals surface area contributed by atoms with Gasteiger partial charge in [-0.3, -0.25) is 4.79 Å². The number of hydrogen-bond acceptors (Lipinski definition) is 1. The maximum atomic E-state index is 11.0. The van der Waals surface area contributed by atoms with Gasteiger partial charge in [-0.1, -0.05) is 64.1 Å². The van der Waals surface area contributed by atoms with Gasteiger partial charge in [0.15, 0.2) is 0 Å². The standard InChI is InChI=1S/C15H14O.2C2H6/c1-11-5-3-4-6-14(11)15-8-7-13(10-16)9-12(15)2;2*1-2/h3-10H,1-2H3;2*1-2H3/i10T;;. The summed E-state index contributed by atoms with van der Waals surface area (Å²) in [4.78, 5) is 11.0. The van der Waals surface area contributed by atoms with Gasteiger partial charge in [0.2, 0.25) is 0 Å². The Bertz CT molecular complexity index is 574. The number of benzene rings is 2. The van der Waals surface area contributed by atoms with E-state index in [1.54, 1.807) is 12.1 Å². The van der Waals surface area contributed by atoms with Crippen LogP contribution < -0.4 is 0 Å². The smallest absolute Gasteiger partial charge is 0.150 e. The zero-order chi connectivity index (χ0) is 16.4. The van der Waals surface area contributed by atoms with E-state index >= 15 is 0 Å².